The summed E-state index contributed by atoms with van der Waals surface area (Å²) in [6, 6.07) is 2.36. The number of methoxy groups -OCH3 is 2. The zero-order valence-electron chi connectivity index (χ0n) is 11.4. The third-order valence-corrected chi connectivity index (χ3v) is 3.98. The van der Waals surface area contributed by atoms with Gasteiger partial charge in [-0.3, -0.25) is 0 Å². The highest BCUT2D eigenvalue weighted by Crippen LogP contribution is 2.34. The van der Waals surface area contributed by atoms with Crippen LogP contribution < -0.4 is 4.74 Å². The van der Waals surface area contributed by atoms with E-state index in [4.69, 9.17) is 36.5 Å². The maximum atomic E-state index is 12.0. The van der Waals surface area contributed by atoms with Gasteiger partial charge in [0.05, 0.1) is 13.7 Å². The molecule has 9 heteroatoms. The topological polar surface area (TPSA) is 78.9 Å². The second kappa shape index (κ2) is 7.84. The van der Waals surface area contributed by atoms with Crippen LogP contribution in [-0.4, -0.2) is 41.8 Å². The minimum atomic E-state index is -4.12. The molecule has 21 heavy (non-hydrogen) atoms. The summed E-state index contributed by atoms with van der Waals surface area (Å²) in [6.45, 7) is 0.548. The molecule has 0 fully saturated rings. The van der Waals surface area contributed by atoms with Gasteiger partial charge >= 0.3 is 5.97 Å². The van der Waals surface area contributed by atoms with Crippen LogP contribution >= 0.6 is 22.3 Å². The van der Waals surface area contributed by atoms with Gasteiger partial charge in [0.1, 0.15) is 10.5 Å². The van der Waals surface area contributed by atoms with Gasteiger partial charge < -0.3 is 14.2 Å². The van der Waals surface area contributed by atoms with Crippen molar-refractivity contribution in [2.75, 3.05) is 27.4 Å². The number of hydrogen-bond acceptors (Lipinski definition) is 6. The first-order valence-electron chi connectivity index (χ1n) is 5.79. The molecule has 0 radical (unpaired) electrons. The fourth-order valence-corrected chi connectivity index (χ4v) is 2.87. The summed E-state index contributed by atoms with van der Waals surface area (Å²) < 4.78 is 37.8. The quantitative estimate of drug-likeness (QED) is 0.424. The van der Waals surface area contributed by atoms with Crippen molar-refractivity contribution in [3.63, 3.8) is 0 Å². The predicted molar refractivity (Wildman–Crippen MR) is 77.8 cm³/mol. The second-order valence-electron chi connectivity index (χ2n) is 3.90. The van der Waals surface area contributed by atoms with Crippen molar-refractivity contribution in [2.45, 2.75) is 11.3 Å². The zero-order chi connectivity index (χ0) is 16.0. The van der Waals surface area contributed by atoms with Gasteiger partial charge in [-0.1, -0.05) is 11.6 Å². The number of rotatable bonds is 7. The van der Waals surface area contributed by atoms with Crippen molar-refractivity contribution in [3.05, 3.63) is 22.7 Å². The van der Waals surface area contributed by atoms with Crippen LogP contribution in [0.25, 0.3) is 0 Å². The van der Waals surface area contributed by atoms with Crippen LogP contribution in [-0.2, 0) is 18.5 Å². The summed E-state index contributed by atoms with van der Waals surface area (Å²) in [5, 5.41) is 0.0267. The minimum absolute atomic E-state index is 0.0267. The molecule has 118 valence electrons. The van der Waals surface area contributed by atoms with Gasteiger partial charge in [0.2, 0.25) is 0 Å². The fourth-order valence-electron chi connectivity index (χ4n) is 1.56. The molecule has 0 amide bonds. The Balaban J connectivity index is 3.12. The van der Waals surface area contributed by atoms with Crippen molar-refractivity contribution < 1.29 is 27.4 Å². The second-order valence-corrected chi connectivity index (χ2v) is 6.88. The Labute approximate surface area is 132 Å². The van der Waals surface area contributed by atoms with Crippen molar-refractivity contribution in [3.8, 4) is 5.75 Å². The van der Waals surface area contributed by atoms with Gasteiger partial charge in [-0.2, -0.15) is 0 Å². The van der Waals surface area contributed by atoms with E-state index < -0.39 is 15.0 Å². The molecule has 0 bridgehead atoms. The summed E-state index contributed by atoms with van der Waals surface area (Å²) in [5.41, 5.74) is -0.110. The third-order valence-electron chi connectivity index (χ3n) is 2.43. The molecule has 1 aromatic carbocycles. The number of carbonyl (C=O) groups is 1. The zero-order valence-corrected chi connectivity index (χ0v) is 13.7. The maximum absolute atomic E-state index is 12.0. The SMILES string of the molecule is COCCCOC(=O)c1cc(Cl)cc(S(=O)(=O)Cl)c1OC. The predicted octanol–water partition coefficient (Wildman–Crippen LogP) is 2.47. The van der Waals surface area contributed by atoms with Crippen LogP contribution in [0.15, 0.2) is 17.0 Å². The van der Waals surface area contributed by atoms with Crippen molar-refractivity contribution in [1.29, 1.82) is 0 Å². The molecule has 0 saturated carbocycles. The average Bonchev–Trinajstić information content (AvgIpc) is 2.41. The van der Waals surface area contributed by atoms with Crippen LogP contribution in [0.4, 0.5) is 0 Å². The lowest BCUT2D eigenvalue weighted by atomic mass is 10.2. The van der Waals surface area contributed by atoms with E-state index in [1.165, 1.54) is 20.3 Å². The van der Waals surface area contributed by atoms with E-state index in [-0.39, 0.29) is 27.8 Å². The number of ether oxygens (including phenoxy) is 3. The summed E-state index contributed by atoms with van der Waals surface area (Å²) in [6.07, 6.45) is 0.506. The van der Waals surface area contributed by atoms with Crippen LogP contribution in [0.3, 0.4) is 0 Å². The monoisotopic (exact) mass is 356 g/mol. The summed E-state index contributed by atoms with van der Waals surface area (Å²) in [7, 11) is 3.93. The van der Waals surface area contributed by atoms with E-state index in [1.54, 1.807) is 0 Å². The summed E-state index contributed by atoms with van der Waals surface area (Å²) in [4.78, 5) is 11.6. The average molecular weight is 357 g/mol. The Kier molecular flexibility index (Phi) is 6.73. The molecule has 0 aliphatic rings. The van der Waals surface area contributed by atoms with Crippen molar-refractivity contribution >= 4 is 37.3 Å². The molecule has 0 N–H and O–H groups in total. The van der Waals surface area contributed by atoms with Gasteiger partial charge in [0.15, 0.2) is 5.75 Å². The molecule has 0 saturated heterocycles. The Morgan fingerprint density at radius 2 is 1.90 bits per heavy atom. The molecule has 0 unspecified atom stereocenters. The van der Waals surface area contributed by atoms with Gasteiger partial charge in [-0.25, -0.2) is 13.2 Å². The van der Waals surface area contributed by atoms with E-state index >= 15 is 0 Å². The lowest BCUT2D eigenvalue weighted by Crippen LogP contribution is -2.11. The highest BCUT2D eigenvalue weighted by Gasteiger charge is 2.25. The summed E-state index contributed by atoms with van der Waals surface area (Å²) in [5.74, 6) is -0.960. The van der Waals surface area contributed by atoms with E-state index in [2.05, 4.69) is 0 Å². The standard InChI is InChI=1S/C12H14Cl2O6S/c1-18-4-3-5-20-12(15)9-6-8(13)7-10(11(9)19-2)21(14,16)17/h6-7H,3-5H2,1-2H3. The molecule has 0 atom stereocenters. The minimum Gasteiger partial charge on any atom is -0.494 e. The number of carbonyl (C=O) groups excluding carboxylic acids is 1. The van der Waals surface area contributed by atoms with Crippen molar-refractivity contribution in [2.24, 2.45) is 0 Å². The normalized spacial score (nSPS) is 11.2. The molecule has 0 heterocycles. The Hall–Kier alpha value is -1.02. The van der Waals surface area contributed by atoms with E-state index in [0.717, 1.165) is 6.07 Å². The molecular formula is C12H14Cl2O6S. The first-order chi connectivity index (χ1) is 9.81. The van der Waals surface area contributed by atoms with Gasteiger partial charge in [-0.15, -0.1) is 0 Å². The molecule has 6 nitrogen and oxygen atoms in total. The Morgan fingerprint density at radius 1 is 1.24 bits per heavy atom. The highest BCUT2D eigenvalue weighted by atomic mass is 35.7. The van der Waals surface area contributed by atoms with Gasteiger partial charge in [0, 0.05) is 35.8 Å². The van der Waals surface area contributed by atoms with Gasteiger partial charge in [-0.05, 0) is 12.1 Å². The summed E-state index contributed by atoms with van der Waals surface area (Å²) >= 11 is 5.81. The first-order valence-corrected chi connectivity index (χ1v) is 8.48. The highest BCUT2D eigenvalue weighted by molar-refractivity contribution is 8.13. The van der Waals surface area contributed by atoms with Crippen LogP contribution in [0.2, 0.25) is 5.02 Å². The third kappa shape index (κ3) is 5.03. The molecule has 1 rings (SSSR count). The Bertz CT molecular complexity index is 614. The maximum Gasteiger partial charge on any atom is 0.342 e. The van der Waals surface area contributed by atoms with Gasteiger partial charge in [0.25, 0.3) is 9.05 Å². The smallest absolute Gasteiger partial charge is 0.342 e. The van der Waals surface area contributed by atoms with Crippen LogP contribution in [0.5, 0.6) is 5.75 Å². The van der Waals surface area contributed by atoms with Crippen molar-refractivity contribution in [1.82, 2.24) is 0 Å². The number of halogens is 2. The van der Waals surface area contributed by atoms with E-state index in [1.807, 2.05) is 0 Å². The number of esters is 1. The lowest BCUT2D eigenvalue weighted by molar-refractivity contribution is 0.0464. The fraction of sp³-hybridized carbons (Fsp3) is 0.417. The number of hydrogen-bond donors (Lipinski definition) is 0. The molecule has 1 aromatic rings. The Morgan fingerprint density at radius 3 is 2.43 bits per heavy atom. The molecular weight excluding hydrogens is 343 g/mol. The van der Waals surface area contributed by atoms with Crippen LogP contribution in [0, 0.1) is 0 Å². The van der Waals surface area contributed by atoms with E-state index in [0.29, 0.717) is 13.0 Å². The first kappa shape index (κ1) is 18.0. The molecule has 0 aliphatic carbocycles. The number of benzene rings is 1. The van der Waals surface area contributed by atoms with E-state index in [9.17, 15) is 13.2 Å². The molecule has 0 aliphatic heterocycles. The molecule has 0 spiro atoms. The van der Waals surface area contributed by atoms with Crippen LogP contribution in [0.1, 0.15) is 16.8 Å². The largest absolute Gasteiger partial charge is 0.494 e. The molecule has 0 aromatic heterocycles. The lowest BCUT2D eigenvalue weighted by Gasteiger charge is -2.12.